The van der Waals surface area contributed by atoms with Crippen LogP contribution in [0.5, 0.6) is 0 Å². The first-order valence-electron chi connectivity index (χ1n) is 8.34. The van der Waals surface area contributed by atoms with Crippen molar-refractivity contribution in [2.24, 2.45) is 0 Å². The number of hydrogen-bond acceptors (Lipinski definition) is 3. The smallest absolute Gasteiger partial charge is 0.235 e. The first kappa shape index (κ1) is 20.4. The summed E-state index contributed by atoms with van der Waals surface area (Å²) >= 11 is 6.12. The molecule has 0 radical (unpaired) electrons. The molecule has 2 aromatic carbocycles. The van der Waals surface area contributed by atoms with E-state index < -0.39 is 10.0 Å². The standard InChI is InChI=1S/C19H23ClN2O3S/c1-3-18(15-9-5-4-6-10-15)21-19(23)14-22(26(2,24)25)13-16-11-7-8-12-17(16)20/h4-12,18H,3,13-14H2,1-2H3,(H,21,23). The molecule has 140 valence electrons. The largest absolute Gasteiger partial charge is 0.348 e. The molecular weight excluding hydrogens is 372 g/mol. The Bertz CT molecular complexity index is 841. The fourth-order valence-electron chi connectivity index (χ4n) is 2.61. The highest BCUT2D eigenvalue weighted by molar-refractivity contribution is 7.88. The van der Waals surface area contributed by atoms with Gasteiger partial charge in [-0.1, -0.05) is 67.1 Å². The van der Waals surface area contributed by atoms with Crippen molar-refractivity contribution in [2.45, 2.75) is 25.9 Å². The van der Waals surface area contributed by atoms with Crippen molar-refractivity contribution in [3.05, 3.63) is 70.7 Å². The van der Waals surface area contributed by atoms with E-state index in [1.54, 1.807) is 24.3 Å². The van der Waals surface area contributed by atoms with Gasteiger partial charge in [0.15, 0.2) is 0 Å². The molecule has 26 heavy (non-hydrogen) atoms. The zero-order valence-electron chi connectivity index (χ0n) is 14.9. The number of halogens is 1. The van der Waals surface area contributed by atoms with Gasteiger partial charge in [-0.25, -0.2) is 8.42 Å². The Morgan fingerprint density at radius 1 is 1.12 bits per heavy atom. The Hall–Kier alpha value is -1.89. The van der Waals surface area contributed by atoms with Crippen molar-refractivity contribution < 1.29 is 13.2 Å². The molecule has 0 aromatic heterocycles. The molecule has 1 amide bonds. The van der Waals surface area contributed by atoms with Gasteiger partial charge < -0.3 is 5.32 Å². The highest BCUT2D eigenvalue weighted by Gasteiger charge is 2.23. The van der Waals surface area contributed by atoms with Gasteiger partial charge in [-0.3, -0.25) is 4.79 Å². The fourth-order valence-corrected chi connectivity index (χ4v) is 3.53. The van der Waals surface area contributed by atoms with Gasteiger partial charge in [0.1, 0.15) is 0 Å². The second-order valence-corrected chi connectivity index (χ2v) is 8.45. The Kier molecular flexibility index (Phi) is 7.20. The molecule has 1 unspecified atom stereocenters. The SMILES string of the molecule is CCC(NC(=O)CN(Cc1ccccc1Cl)S(C)(=O)=O)c1ccccc1. The Labute approximate surface area is 160 Å². The van der Waals surface area contributed by atoms with Crippen LogP contribution < -0.4 is 5.32 Å². The summed E-state index contributed by atoms with van der Waals surface area (Å²) in [6.45, 7) is 1.76. The summed E-state index contributed by atoms with van der Waals surface area (Å²) in [5.41, 5.74) is 1.64. The molecule has 2 rings (SSSR count). The first-order chi connectivity index (χ1) is 12.3. The van der Waals surface area contributed by atoms with E-state index in [2.05, 4.69) is 5.32 Å². The molecule has 1 N–H and O–H groups in total. The van der Waals surface area contributed by atoms with Gasteiger partial charge in [0.05, 0.1) is 18.8 Å². The summed E-state index contributed by atoms with van der Waals surface area (Å²) in [5.74, 6) is -0.349. The van der Waals surface area contributed by atoms with E-state index in [1.165, 1.54) is 0 Å². The lowest BCUT2D eigenvalue weighted by Crippen LogP contribution is -2.41. The molecule has 0 saturated heterocycles. The van der Waals surface area contributed by atoms with Crippen molar-refractivity contribution in [1.82, 2.24) is 9.62 Å². The highest BCUT2D eigenvalue weighted by Crippen LogP contribution is 2.19. The molecule has 0 heterocycles. The molecule has 0 aliphatic carbocycles. The quantitative estimate of drug-likeness (QED) is 0.746. The molecule has 0 aliphatic rings. The van der Waals surface area contributed by atoms with Crippen molar-refractivity contribution >= 4 is 27.5 Å². The third-order valence-electron chi connectivity index (χ3n) is 4.04. The van der Waals surface area contributed by atoms with Gasteiger partial charge in [-0.05, 0) is 23.6 Å². The van der Waals surface area contributed by atoms with Crippen LogP contribution in [0, 0.1) is 0 Å². The van der Waals surface area contributed by atoms with E-state index in [1.807, 2.05) is 37.3 Å². The summed E-state index contributed by atoms with van der Waals surface area (Å²) in [4.78, 5) is 12.5. The summed E-state index contributed by atoms with van der Waals surface area (Å²) in [5, 5.41) is 3.38. The molecule has 7 heteroatoms. The zero-order chi connectivity index (χ0) is 19.2. The van der Waals surface area contributed by atoms with Crippen molar-refractivity contribution in [3.8, 4) is 0 Å². The normalized spacial score (nSPS) is 12.8. The monoisotopic (exact) mass is 394 g/mol. The van der Waals surface area contributed by atoms with Gasteiger partial charge in [-0.15, -0.1) is 0 Å². The maximum Gasteiger partial charge on any atom is 0.235 e. The van der Waals surface area contributed by atoms with Gasteiger partial charge in [0.25, 0.3) is 0 Å². The second kappa shape index (κ2) is 9.16. The van der Waals surface area contributed by atoms with Crippen molar-refractivity contribution in [1.29, 1.82) is 0 Å². The van der Waals surface area contributed by atoms with Crippen LogP contribution in [0.1, 0.15) is 30.5 Å². The number of nitrogens with zero attached hydrogens (tertiary/aromatic N) is 1. The van der Waals surface area contributed by atoms with Crippen LogP contribution >= 0.6 is 11.6 Å². The number of sulfonamides is 1. The van der Waals surface area contributed by atoms with Crippen molar-refractivity contribution in [2.75, 3.05) is 12.8 Å². The molecule has 1 atom stereocenters. The van der Waals surface area contributed by atoms with Crippen LogP contribution in [0.2, 0.25) is 5.02 Å². The molecule has 0 aliphatic heterocycles. The molecule has 0 saturated carbocycles. The number of benzene rings is 2. The Balaban J connectivity index is 2.10. The minimum absolute atomic E-state index is 0.0497. The van der Waals surface area contributed by atoms with Crippen LogP contribution in [0.4, 0.5) is 0 Å². The minimum atomic E-state index is -3.57. The maximum absolute atomic E-state index is 12.5. The van der Waals surface area contributed by atoms with Crippen LogP contribution in [0.25, 0.3) is 0 Å². The van der Waals surface area contributed by atoms with Crippen LogP contribution in [-0.2, 0) is 21.4 Å². The molecular formula is C19H23ClN2O3S. The van der Waals surface area contributed by atoms with Gasteiger partial charge in [0, 0.05) is 11.6 Å². The average molecular weight is 395 g/mol. The van der Waals surface area contributed by atoms with Gasteiger partial charge >= 0.3 is 0 Å². The van der Waals surface area contributed by atoms with Crippen LogP contribution in [0.15, 0.2) is 54.6 Å². The zero-order valence-corrected chi connectivity index (χ0v) is 16.4. The van der Waals surface area contributed by atoms with E-state index in [-0.39, 0.29) is 25.0 Å². The highest BCUT2D eigenvalue weighted by atomic mass is 35.5. The Morgan fingerprint density at radius 2 is 1.73 bits per heavy atom. The Morgan fingerprint density at radius 3 is 2.31 bits per heavy atom. The number of carbonyl (C=O) groups is 1. The molecule has 0 spiro atoms. The van der Waals surface area contributed by atoms with E-state index in [9.17, 15) is 13.2 Å². The van der Waals surface area contributed by atoms with Crippen molar-refractivity contribution in [3.63, 3.8) is 0 Å². The van der Waals surface area contributed by atoms with E-state index in [0.29, 0.717) is 17.0 Å². The van der Waals surface area contributed by atoms with Gasteiger partial charge in [-0.2, -0.15) is 4.31 Å². The summed E-state index contributed by atoms with van der Waals surface area (Å²) in [7, 11) is -3.57. The maximum atomic E-state index is 12.5. The molecule has 0 fully saturated rings. The lowest BCUT2D eigenvalue weighted by atomic mass is 10.0. The van der Waals surface area contributed by atoms with Crippen LogP contribution in [0.3, 0.4) is 0 Å². The predicted octanol–water partition coefficient (Wildman–Crippen LogP) is 3.37. The van der Waals surface area contributed by atoms with E-state index in [4.69, 9.17) is 11.6 Å². The summed E-state index contributed by atoms with van der Waals surface area (Å²) in [6, 6.07) is 16.4. The average Bonchev–Trinajstić information content (AvgIpc) is 2.61. The third-order valence-corrected chi connectivity index (χ3v) is 5.60. The third kappa shape index (κ3) is 5.83. The number of rotatable bonds is 8. The number of carbonyl (C=O) groups excluding carboxylic acids is 1. The lowest BCUT2D eigenvalue weighted by molar-refractivity contribution is -0.122. The number of amides is 1. The van der Waals surface area contributed by atoms with E-state index in [0.717, 1.165) is 16.1 Å². The second-order valence-electron chi connectivity index (χ2n) is 6.06. The number of hydrogen-bond donors (Lipinski definition) is 1. The molecule has 5 nitrogen and oxygen atoms in total. The van der Waals surface area contributed by atoms with E-state index >= 15 is 0 Å². The minimum Gasteiger partial charge on any atom is -0.348 e. The van der Waals surface area contributed by atoms with Gasteiger partial charge in [0.2, 0.25) is 15.9 Å². The molecule has 0 bridgehead atoms. The lowest BCUT2D eigenvalue weighted by Gasteiger charge is -2.23. The summed E-state index contributed by atoms with van der Waals surface area (Å²) < 4.78 is 25.3. The first-order valence-corrected chi connectivity index (χ1v) is 10.6. The fraction of sp³-hybridized carbons (Fsp3) is 0.316. The van der Waals surface area contributed by atoms with Crippen LogP contribution in [-0.4, -0.2) is 31.4 Å². The topological polar surface area (TPSA) is 66.5 Å². The molecule has 2 aromatic rings. The number of nitrogens with one attached hydrogen (secondary N) is 1. The predicted molar refractivity (Wildman–Crippen MR) is 104 cm³/mol. The summed E-state index contributed by atoms with van der Waals surface area (Å²) in [6.07, 6.45) is 1.80.